The highest BCUT2D eigenvalue weighted by Gasteiger charge is 2.29. The first kappa shape index (κ1) is 13.9. The molecule has 0 spiro atoms. The molecule has 2 fully saturated rings. The first-order chi connectivity index (χ1) is 9.74. The van der Waals surface area contributed by atoms with Crippen molar-refractivity contribution in [3.05, 3.63) is 29.8 Å². The van der Waals surface area contributed by atoms with E-state index in [1.807, 2.05) is 12.1 Å². The van der Waals surface area contributed by atoms with Crippen LogP contribution < -0.4 is 10.5 Å². The van der Waals surface area contributed by atoms with Crippen LogP contribution in [-0.2, 0) is 0 Å². The second kappa shape index (κ2) is 6.15. The van der Waals surface area contributed by atoms with Gasteiger partial charge in [0.1, 0.15) is 5.75 Å². The second-order valence-electron chi connectivity index (χ2n) is 6.48. The average molecular weight is 274 g/mol. The van der Waals surface area contributed by atoms with Crippen LogP contribution in [0, 0.1) is 11.8 Å². The van der Waals surface area contributed by atoms with E-state index in [9.17, 15) is 0 Å². The summed E-state index contributed by atoms with van der Waals surface area (Å²) in [6.45, 7) is 3.49. The minimum atomic E-state index is 0.110. The molecule has 0 bridgehead atoms. The van der Waals surface area contributed by atoms with Crippen LogP contribution in [0.15, 0.2) is 24.3 Å². The highest BCUT2D eigenvalue weighted by Crippen LogP contribution is 2.34. The van der Waals surface area contributed by atoms with Gasteiger partial charge in [0.2, 0.25) is 0 Å². The maximum absolute atomic E-state index is 6.40. The molecule has 1 unspecified atom stereocenters. The third kappa shape index (κ3) is 3.97. The molecule has 1 aromatic carbocycles. The van der Waals surface area contributed by atoms with Gasteiger partial charge in [-0.3, -0.25) is 0 Å². The molecule has 20 heavy (non-hydrogen) atoms. The molecule has 3 nitrogen and oxygen atoms in total. The van der Waals surface area contributed by atoms with E-state index in [0.717, 1.165) is 24.1 Å². The van der Waals surface area contributed by atoms with E-state index in [1.54, 1.807) is 7.11 Å². The van der Waals surface area contributed by atoms with E-state index >= 15 is 0 Å². The van der Waals surface area contributed by atoms with Gasteiger partial charge in [-0.2, -0.15) is 0 Å². The molecule has 0 amide bonds. The van der Waals surface area contributed by atoms with Gasteiger partial charge in [-0.1, -0.05) is 12.1 Å². The summed E-state index contributed by atoms with van der Waals surface area (Å²) in [5.41, 5.74) is 7.61. The zero-order valence-electron chi connectivity index (χ0n) is 12.4. The van der Waals surface area contributed by atoms with Crippen molar-refractivity contribution in [2.75, 3.05) is 26.7 Å². The van der Waals surface area contributed by atoms with Gasteiger partial charge < -0.3 is 15.4 Å². The summed E-state index contributed by atoms with van der Waals surface area (Å²) in [4.78, 5) is 2.60. The van der Waals surface area contributed by atoms with Gasteiger partial charge in [-0.05, 0) is 55.2 Å². The summed E-state index contributed by atoms with van der Waals surface area (Å²) in [7, 11) is 1.70. The standard InChI is InChI=1S/C17H26N2O/c1-20-16-8-6-15(7-9-16)17(18)12-19(10-13-2-3-13)11-14-4-5-14/h6-9,13-14,17H,2-5,10-12,18H2,1H3. The molecule has 1 aromatic rings. The minimum Gasteiger partial charge on any atom is -0.497 e. The van der Waals surface area contributed by atoms with Crippen LogP contribution in [-0.4, -0.2) is 31.6 Å². The van der Waals surface area contributed by atoms with Crippen LogP contribution in [0.2, 0.25) is 0 Å². The Morgan fingerprint density at radius 2 is 1.65 bits per heavy atom. The number of hydrogen-bond acceptors (Lipinski definition) is 3. The van der Waals surface area contributed by atoms with Crippen molar-refractivity contribution in [1.29, 1.82) is 0 Å². The van der Waals surface area contributed by atoms with Crippen molar-refractivity contribution >= 4 is 0 Å². The molecule has 0 saturated heterocycles. The molecule has 0 radical (unpaired) electrons. The molecule has 3 rings (SSSR count). The Hall–Kier alpha value is -1.06. The van der Waals surface area contributed by atoms with Crippen LogP contribution in [0.4, 0.5) is 0 Å². The second-order valence-corrected chi connectivity index (χ2v) is 6.48. The van der Waals surface area contributed by atoms with Crippen molar-refractivity contribution in [1.82, 2.24) is 4.90 Å². The molecule has 110 valence electrons. The topological polar surface area (TPSA) is 38.5 Å². The number of nitrogens with zero attached hydrogens (tertiary/aromatic N) is 1. The van der Waals surface area contributed by atoms with Gasteiger partial charge in [0.15, 0.2) is 0 Å². The fourth-order valence-corrected chi connectivity index (χ4v) is 2.79. The number of rotatable bonds is 8. The maximum atomic E-state index is 6.40. The average Bonchev–Trinajstić information content (AvgIpc) is 3.35. The van der Waals surface area contributed by atoms with Crippen LogP contribution in [0.1, 0.15) is 37.3 Å². The van der Waals surface area contributed by atoms with Gasteiger partial charge in [0.05, 0.1) is 7.11 Å². The first-order valence-electron chi connectivity index (χ1n) is 7.86. The molecule has 2 aliphatic rings. The van der Waals surface area contributed by atoms with Gasteiger partial charge in [0, 0.05) is 25.7 Å². The lowest BCUT2D eigenvalue weighted by Gasteiger charge is -2.26. The molecule has 2 N–H and O–H groups in total. The van der Waals surface area contributed by atoms with E-state index in [1.165, 1.54) is 44.3 Å². The summed E-state index contributed by atoms with van der Waals surface area (Å²) in [5.74, 6) is 2.78. The Morgan fingerprint density at radius 3 is 2.10 bits per heavy atom. The van der Waals surface area contributed by atoms with Crippen LogP contribution in [0.5, 0.6) is 5.75 Å². The van der Waals surface area contributed by atoms with Crippen LogP contribution >= 0.6 is 0 Å². The molecular weight excluding hydrogens is 248 g/mol. The largest absolute Gasteiger partial charge is 0.497 e. The maximum Gasteiger partial charge on any atom is 0.118 e. The fourth-order valence-electron chi connectivity index (χ4n) is 2.79. The summed E-state index contributed by atoms with van der Waals surface area (Å²) >= 11 is 0. The summed E-state index contributed by atoms with van der Waals surface area (Å²) < 4.78 is 5.20. The molecule has 0 heterocycles. The Bertz CT molecular complexity index is 409. The normalized spacial score (nSPS) is 20.1. The van der Waals surface area contributed by atoms with E-state index < -0.39 is 0 Å². The third-order valence-electron chi connectivity index (χ3n) is 4.43. The van der Waals surface area contributed by atoms with Gasteiger partial charge in [-0.15, -0.1) is 0 Å². The molecule has 2 aliphatic carbocycles. The Morgan fingerprint density at radius 1 is 1.10 bits per heavy atom. The van der Waals surface area contributed by atoms with E-state index in [4.69, 9.17) is 10.5 Å². The monoisotopic (exact) mass is 274 g/mol. The third-order valence-corrected chi connectivity index (χ3v) is 4.43. The SMILES string of the molecule is COc1ccc(C(N)CN(CC2CC2)CC2CC2)cc1. The lowest BCUT2D eigenvalue weighted by atomic mass is 10.1. The molecule has 1 atom stereocenters. The van der Waals surface area contributed by atoms with Crippen molar-refractivity contribution in [2.24, 2.45) is 17.6 Å². The minimum absolute atomic E-state index is 0.110. The summed E-state index contributed by atoms with van der Waals surface area (Å²) in [5, 5.41) is 0. The lowest BCUT2D eigenvalue weighted by molar-refractivity contribution is 0.238. The zero-order valence-corrected chi connectivity index (χ0v) is 12.4. The van der Waals surface area contributed by atoms with E-state index in [-0.39, 0.29) is 6.04 Å². The van der Waals surface area contributed by atoms with E-state index in [0.29, 0.717) is 0 Å². The smallest absolute Gasteiger partial charge is 0.118 e. The lowest BCUT2D eigenvalue weighted by Crippen LogP contribution is -2.35. The Labute approximate surface area is 122 Å². The Balaban J connectivity index is 1.56. The highest BCUT2D eigenvalue weighted by molar-refractivity contribution is 5.29. The van der Waals surface area contributed by atoms with Crippen LogP contribution in [0.25, 0.3) is 0 Å². The number of benzene rings is 1. The Kier molecular flexibility index (Phi) is 4.27. The van der Waals surface area contributed by atoms with Crippen molar-refractivity contribution in [3.8, 4) is 5.75 Å². The van der Waals surface area contributed by atoms with E-state index in [2.05, 4.69) is 17.0 Å². The molecule has 0 aliphatic heterocycles. The molecule has 2 saturated carbocycles. The predicted molar refractivity (Wildman–Crippen MR) is 81.8 cm³/mol. The quantitative estimate of drug-likeness (QED) is 0.792. The van der Waals surface area contributed by atoms with Crippen LogP contribution in [0.3, 0.4) is 0 Å². The zero-order chi connectivity index (χ0) is 13.9. The van der Waals surface area contributed by atoms with Crippen molar-refractivity contribution in [2.45, 2.75) is 31.7 Å². The fraction of sp³-hybridized carbons (Fsp3) is 0.647. The number of hydrogen-bond donors (Lipinski definition) is 1. The van der Waals surface area contributed by atoms with Gasteiger partial charge >= 0.3 is 0 Å². The van der Waals surface area contributed by atoms with Crippen molar-refractivity contribution < 1.29 is 4.74 Å². The first-order valence-corrected chi connectivity index (χ1v) is 7.86. The highest BCUT2D eigenvalue weighted by atomic mass is 16.5. The van der Waals surface area contributed by atoms with Gasteiger partial charge in [-0.25, -0.2) is 0 Å². The predicted octanol–water partition coefficient (Wildman–Crippen LogP) is 2.82. The summed E-state index contributed by atoms with van der Waals surface area (Å²) in [6.07, 6.45) is 5.66. The van der Waals surface area contributed by atoms with Crippen molar-refractivity contribution in [3.63, 3.8) is 0 Å². The number of methoxy groups -OCH3 is 1. The molecular formula is C17H26N2O. The number of ether oxygens (including phenoxy) is 1. The molecule has 0 aromatic heterocycles. The van der Waals surface area contributed by atoms with Gasteiger partial charge in [0.25, 0.3) is 0 Å². The molecule has 3 heteroatoms. The summed E-state index contributed by atoms with van der Waals surface area (Å²) in [6, 6.07) is 8.30. The number of nitrogens with two attached hydrogens (primary N) is 1.